The summed E-state index contributed by atoms with van der Waals surface area (Å²) in [5, 5.41) is 2.98. The quantitative estimate of drug-likeness (QED) is 0.780. The number of piperidine rings is 1. The van der Waals surface area contributed by atoms with Gasteiger partial charge in [0, 0.05) is 24.6 Å². The lowest BCUT2D eigenvalue weighted by molar-refractivity contribution is -0.126. The van der Waals surface area contributed by atoms with Crippen molar-refractivity contribution in [2.75, 3.05) is 26.2 Å². The molecular weight excluding hydrogens is 418 g/mol. The molecule has 1 atom stereocenters. The number of hydrogen-bond donors (Lipinski definition) is 1. The number of rotatable bonds is 3. The van der Waals surface area contributed by atoms with Gasteiger partial charge < -0.3 is 19.7 Å². The minimum absolute atomic E-state index is 0.0107. The number of carbonyl (C=O) groups excluding carboxylic acids is 1. The van der Waals surface area contributed by atoms with Crippen LogP contribution in [0.1, 0.15) is 18.4 Å². The van der Waals surface area contributed by atoms with Gasteiger partial charge in [-0.15, -0.1) is 4.40 Å². The average molecular weight is 442 g/mol. The van der Waals surface area contributed by atoms with Gasteiger partial charge in [-0.2, -0.15) is 8.42 Å². The summed E-state index contributed by atoms with van der Waals surface area (Å²) in [5.41, 5.74) is 0.639. The number of fused-ring (bicyclic) bond motifs is 2. The number of hydrogen-bond acceptors (Lipinski definition) is 6. The van der Waals surface area contributed by atoms with Gasteiger partial charge in [0.2, 0.25) is 5.91 Å². The molecule has 1 saturated heterocycles. The van der Waals surface area contributed by atoms with Crippen LogP contribution in [0.3, 0.4) is 0 Å². The van der Waals surface area contributed by atoms with Gasteiger partial charge in [-0.05, 0) is 37.1 Å². The summed E-state index contributed by atoms with van der Waals surface area (Å²) in [6.07, 6.45) is 1.05. The van der Waals surface area contributed by atoms with Crippen molar-refractivity contribution in [2.24, 2.45) is 10.3 Å². The zero-order valence-electron chi connectivity index (χ0n) is 16.9. The van der Waals surface area contributed by atoms with Crippen LogP contribution in [-0.4, -0.2) is 57.4 Å². The van der Waals surface area contributed by atoms with Crippen molar-refractivity contribution in [3.63, 3.8) is 0 Å². The zero-order chi connectivity index (χ0) is 21.4. The van der Waals surface area contributed by atoms with Crippen LogP contribution in [0, 0.1) is 5.92 Å². The first kappa shape index (κ1) is 19.9. The molecule has 0 aromatic heterocycles. The molecule has 2 aromatic carbocycles. The van der Waals surface area contributed by atoms with Gasteiger partial charge in [0.05, 0.1) is 6.54 Å². The van der Waals surface area contributed by atoms with E-state index in [0.29, 0.717) is 56.2 Å². The highest BCUT2D eigenvalue weighted by atomic mass is 32.2. The van der Waals surface area contributed by atoms with Crippen LogP contribution in [0.2, 0.25) is 0 Å². The monoisotopic (exact) mass is 441 g/mol. The molecule has 3 aliphatic heterocycles. The zero-order valence-corrected chi connectivity index (χ0v) is 17.7. The van der Waals surface area contributed by atoms with Crippen molar-refractivity contribution in [2.45, 2.75) is 23.8 Å². The minimum Gasteiger partial charge on any atom is -0.486 e. The molecule has 2 aromatic rings. The lowest BCUT2D eigenvalue weighted by Crippen LogP contribution is -2.46. The molecule has 1 N–H and O–H groups in total. The molecule has 1 fully saturated rings. The number of amides is 1. The number of nitrogens with zero attached hydrogens (tertiary/aromatic N) is 2. The predicted molar refractivity (Wildman–Crippen MR) is 114 cm³/mol. The summed E-state index contributed by atoms with van der Waals surface area (Å²) in [7, 11) is -3.63. The molecule has 0 unspecified atom stereocenters. The summed E-state index contributed by atoms with van der Waals surface area (Å²) in [4.78, 5) is 14.9. The van der Waals surface area contributed by atoms with Crippen LogP contribution in [0.15, 0.2) is 57.8 Å². The average Bonchev–Trinajstić information content (AvgIpc) is 3.08. The first-order chi connectivity index (χ1) is 15.0. The number of amidine groups is 1. The Bertz CT molecular complexity index is 1140. The molecule has 1 amide bonds. The van der Waals surface area contributed by atoms with E-state index in [0.717, 1.165) is 5.75 Å². The Balaban J connectivity index is 1.15. The number of carbonyl (C=O) groups is 1. The fraction of sp³-hybridized carbons (Fsp3) is 0.364. The van der Waals surface area contributed by atoms with Gasteiger partial charge in [0.15, 0.2) is 17.3 Å². The molecule has 9 heteroatoms. The minimum atomic E-state index is -3.63. The SMILES string of the molecule is O=C(NC[C@H]1COc2ccccc2O1)C1CCN(C2=NS(=O)(=O)c3ccccc32)CC1. The van der Waals surface area contributed by atoms with Gasteiger partial charge in [-0.25, -0.2) is 0 Å². The summed E-state index contributed by atoms with van der Waals surface area (Å²) in [5.74, 6) is 1.76. The second kappa shape index (κ2) is 7.88. The molecule has 0 aliphatic carbocycles. The fourth-order valence-electron chi connectivity index (χ4n) is 4.19. The van der Waals surface area contributed by atoms with Crippen molar-refractivity contribution in [1.29, 1.82) is 0 Å². The molecule has 8 nitrogen and oxygen atoms in total. The topological polar surface area (TPSA) is 97.3 Å². The number of benzene rings is 2. The Morgan fingerprint density at radius 3 is 2.58 bits per heavy atom. The standard InChI is InChI=1S/C22H23N3O5S/c26-22(23-13-16-14-29-18-6-2-3-7-19(18)30-16)15-9-11-25(12-10-15)21-17-5-1-4-8-20(17)31(27,28)24-21/h1-8,15-16H,9-14H2,(H,23,26)/t16-/m0/s1. The molecule has 3 heterocycles. The molecule has 0 radical (unpaired) electrons. The molecule has 0 saturated carbocycles. The normalized spacial score (nSPS) is 21.9. The molecule has 0 bridgehead atoms. The van der Waals surface area contributed by atoms with Gasteiger partial charge in [0.25, 0.3) is 10.0 Å². The Morgan fingerprint density at radius 2 is 1.77 bits per heavy atom. The first-order valence-corrected chi connectivity index (χ1v) is 11.8. The van der Waals surface area contributed by atoms with Crippen LogP contribution in [0.5, 0.6) is 11.5 Å². The Kier molecular flexibility index (Phi) is 5.05. The van der Waals surface area contributed by atoms with E-state index in [1.807, 2.05) is 35.2 Å². The van der Waals surface area contributed by atoms with E-state index in [4.69, 9.17) is 9.47 Å². The van der Waals surface area contributed by atoms with Crippen LogP contribution >= 0.6 is 0 Å². The number of sulfonamides is 1. The second-order valence-corrected chi connectivity index (χ2v) is 9.46. The molecule has 31 heavy (non-hydrogen) atoms. The highest BCUT2D eigenvalue weighted by Crippen LogP contribution is 2.31. The fourth-order valence-corrected chi connectivity index (χ4v) is 5.42. The van der Waals surface area contributed by atoms with E-state index in [9.17, 15) is 13.2 Å². The van der Waals surface area contributed by atoms with E-state index in [-0.39, 0.29) is 22.8 Å². The van der Waals surface area contributed by atoms with Crippen LogP contribution in [-0.2, 0) is 14.8 Å². The maximum absolute atomic E-state index is 12.7. The van der Waals surface area contributed by atoms with E-state index in [1.54, 1.807) is 18.2 Å². The highest BCUT2D eigenvalue weighted by Gasteiger charge is 2.34. The highest BCUT2D eigenvalue weighted by molar-refractivity contribution is 7.90. The molecule has 0 spiro atoms. The number of likely N-dealkylation sites (tertiary alicyclic amines) is 1. The summed E-state index contributed by atoms with van der Waals surface area (Å²) in [6.45, 7) is 1.93. The van der Waals surface area contributed by atoms with Crippen LogP contribution in [0.25, 0.3) is 0 Å². The number of para-hydroxylation sites is 2. The van der Waals surface area contributed by atoms with E-state index < -0.39 is 10.0 Å². The van der Waals surface area contributed by atoms with Gasteiger partial charge >= 0.3 is 0 Å². The number of nitrogens with one attached hydrogen (secondary N) is 1. The van der Waals surface area contributed by atoms with Crippen molar-refractivity contribution in [3.05, 3.63) is 54.1 Å². The maximum Gasteiger partial charge on any atom is 0.285 e. The van der Waals surface area contributed by atoms with Gasteiger partial charge in [-0.1, -0.05) is 24.3 Å². The van der Waals surface area contributed by atoms with Crippen LogP contribution < -0.4 is 14.8 Å². The van der Waals surface area contributed by atoms with Crippen LogP contribution in [0.4, 0.5) is 0 Å². The predicted octanol–water partition coefficient (Wildman–Crippen LogP) is 1.80. The third-order valence-electron chi connectivity index (χ3n) is 5.85. The molecule has 5 rings (SSSR count). The summed E-state index contributed by atoms with van der Waals surface area (Å²) in [6, 6.07) is 14.4. The maximum atomic E-state index is 12.7. The molecular formula is C22H23N3O5S. The Morgan fingerprint density at radius 1 is 1.06 bits per heavy atom. The smallest absolute Gasteiger partial charge is 0.285 e. The first-order valence-electron chi connectivity index (χ1n) is 10.4. The van der Waals surface area contributed by atoms with Crippen molar-refractivity contribution >= 4 is 21.8 Å². The third-order valence-corrected chi connectivity index (χ3v) is 7.17. The molecule has 162 valence electrons. The van der Waals surface area contributed by atoms with Crippen molar-refractivity contribution in [1.82, 2.24) is 10.2 Å². The van der Waals surface area contributed by atoms with E-state index in [1.165, 1.54) is 0 Å². The lowest BCUT2D eigenvalue weighted by atomic mass is 9.95. The van der Waals surface area contributed by atoms with Gasteiger partial charge in [-0.3, -0.25) is 4.79 Å². The van der Waals surface area contributed by atoms with E-state index >= 15 is 0 Å². The Hall–Kier alpha value is -3.07. The summed E-state index contributed by atoms with van der Waals surface area (Å²) < 4.78 is 40.1. The largest absolute Gasteiger partial charge is 0.486 e. The van der Waals surface area contributed by atoms with Gasteiger partial charge in [0.1, 0.15) is 17.6 Å². The number of ether oxygens (including phenoxy) is 2. The van der Waals surface area contributed by atoms with E-state index in [2.05, 4.69) is 9.71 Å². The van der Waals surface area contributed by atoms with Crippen molar-refractivity contribution < 1.29 is 22.7 Å². The second-order valence-electron chi connectivity index (χ2n) is 7.89. The van der Waals surface area contributed by atoms with Crippen molar-refractivity contribution in [3.8, 4) is 11.5 Å². The lowest BCUT2D eigenvalue weighted by Gasteiger charge is -2.33. The Labute approximate surface area is 180 Å². The molecule has 3 aliphatic rings. The third kappa shape index (κ3) is 3.85. The summed E-state index contributed by atoms with van der Waals surface area (Å²) >= 11 is 0.